The van der Waals surface area contributed by atoms with Crippen LogP contribution in [0.25, 0.3) is 0 Å². The molecule has 4 nitrogen and oxygen atoms in total. The molecule has 0 bridgehead atoms. The third-order valence-corrected chi connectivity index (χ3v) is 2.65. The van der Waals surface area contributed by atoms with Crippen LogP contribution in [-0.2, 0) is 0 Å². The van der Waals surface area contributed by atoms with Crippen molar-refractivity contribution in [1.82, 2.24) is 0 Å². The molecule has 0 fully saturated rings. The van der Waals surface area contributed by atoms with Crippen molar-refractivity contribution in [2.24, 2.45) is 0 Å². The fraction of sp³-hybridized carbons (Fsp3) is 0.462. The summed E-state index contributed by atoms with van der Waals surface area (Å²) in [5.74, 6) is 1.53. The smallest absolute Gasteiger partial charge is 0.163 e. The van der Waals surface area contributed by atoms with Crippen molar-refractivity contribution in [3.05, 3.63) is 18.2 Å². The normalized spacial score (nSPS) is 15.5. The Hall–Kier alpha value is -1.89. The largest absolute Gasteiger partial charge is 0.490 e. The molecule has 90 valence electrons. The SMILES string of the molecule is CCC(C#N)Nc1ccc2c(c1)OCCCO2. The van der Waals surface area contributed by atoms with E-state index in [0.717, 1.165) is 30.0 Å². The first kappa shape index (κ1) is 11.6. The summed E-state index contributed by atoms with van der Waals surface area (Å²) in [5.41, 5.74) is 0.891. The average Bonchev–Trinajstić information content (AvgIpc) is 2.60. The van der Waals surface area contributed by atoms with Crippen LogP contribution in [0.1, 0.15) is 19.8 Å². The van der Waals surface area contributed by atoms with E-state index in [1.165, 1.54) is 0 Å². The molecule has 1 aromatic rings. The number of nitrogens with zero attached hydrogens (tertiary/aromatic N) is 1. The van der Waals surface area contributed by atoms with Gasteiger partial charge in [0.25, 0.3) is 0 Å². The number of ether oxygens (including phenoxy) is 2. The van der Waals surface area contributed by atoms with Crippen LogP contribution in [0.4, 0.5) is 5.69 Å². The van der Waals surface area contributed by atoms with E-state index in [1.807, 2.05) is 25.1 Å². The molecule has 0 radical (unpaired) electrons. The van der Waals surface area contributed by atoms with Gasteiger partial charge in [0.2, 0.25) is 0 Å². The van der Waals surface area contributed by atoms with Gasteiger partial charge in [0.15, 0.2) is 11.5 Å². The van der Waals surface area contributed by atoms with Crippen molar-refractivity contribution >= 4 is 5.69 Å². The van der Waals surface area contributed by atoms with Crippen molar-refractivity contribution in [3.8, 4) is 17.6 Å². The van der Waals surface area contributed by atoms with Crippen LogP contribution in [0, 0.1) is 11.3 Å². The third kappa shape index (κ3) is 2.82. The molecule has 1 heterocycles. The van der Waals surface area contributed by atoms with Crippen LogP contribution in [0.5, 0.6) is 11.5 Å². The molecule has 4 heteroatoms. The van der Waals surface area contributed by atoms with Crippen molar-refractivity contribution in [3.63, 3.8) is 0 Å². The van der Waals surface area contributed by atoms with Crippen molar-refractivity contribution in [1.29, 1.82) is 5.26 Å². The first-order valence-electron chi connectivity index (χ1n) is 5.89. The van der Waals surface area contributed by atoms with Gasteiger partial charge >= 0.3 is 0 Å². The van der Waals surface area contributed by atoms with Crippen molar-refractivity contribution in [2.75, 3.05) is 18.5 Å². The van der Waals surface area contributed by atoms with Gasteiger partial charge in [0.1, 0.15) is 6.04 Å². The second-order valence-electron chi connectivity index (χ2n) is 3.95. The summed E-state index contributed by atoms with van der Waals surface area (Å²) in [4.78, 5) is 0. The average molecular weight is 232 g/mol. The number of hydrogen-bond donors (Lipinski definition) is 1. The van der Waals surface area contributed by atoms with E-state index in [4.69, 9.17) is 14.7 Å². The van der Waals surface area contributed by atoms with Gasteiger partial charge in [-0.3, -0.25) is 0 Å². The summed E-state index contributed by atoms with van der Waals surface area (Å²) >= 11 is 0. The second-order valence-corrected chi connectivity index (χ2v) is 3.95. The Labute approximate surface area is 101 Å². The number of hydrogen-bond acceptors (Lipinski definition) is 4. The van der Waals surface area contributed by atoms with Crippen LogP contribution in [0.3, 0.4) is 0 Å². The van der Waals surface area contributed by atoms with E-state index in [2.05, 4.69) is 11.4 Å². The Morgan fingerprint density at radius 2 is 2.12 bits per heavy atom. The van der Waals surface area contributed by atoms with Gasteiger partial charge in [0.05, 0.1) is 19.3 Å². The maximum Gasteiger partial charge on any atom is 0.163 e. The summed E-state index contributed by atoms with van der Waals surface area (Å²) in [6.45, 7) is 3.34. The lowest BCUT2D eigenvalue weighted by atomic mass is 10.2. The minimum atomic E-state index is -0.167. The molecular formula is C13H16N2O2. The minimum absolute atomic E-state index is 0.167. The van der Waals surface area contributed by atoms with Crippen LogP contribution in [0.2, 0.25) is 0 Å². The molecule has 2 rings (SSSR count). The van der Waals surface area contributed by atoms with Gasteiger partial charge in [0, 0.05) is 18.2 Å². The minimum Gasteiger partial charge on any atom is -0.490 e. The van der Waals surface area contributed by atoms with Gasteiger partial charge in [-0.25, -0.2) is 0 Å². The van der Waals surface area contributed by atoms with Crippen LogP contribution in [-0.4, -0.2) is 19.3 Å². The first-order valence-corrected chi connectivity index (χ1v) is 5.89. The predicted octanol–water partition coefficient (Wildman–Crippen LogP) is 2.56. The molecular weight excluding hydrogens is 216 g/mol. The van der Waals surface area contributed by atoms with Gasteiger partial charge in [-0.1, -0.05) is 6.92 Å². The lowest BCUT2D eigenvalue weighted by Crippen LogP contribution is -2.15. The van der Waals surface area contributed by atoms with E-state index in [-0.39, 0.29) is 6.04 Å². The van der Waals surface area contributed by atoms with Crippen LogP contribution in [0.15, 0.2) is 18.2 Å². The summed E-state index contributed by atoms with van der Waals surface area (Å²) in [6.07, 6.45) is 1.66. The molecule has 0 saturated carbocycles. The van der Waals surface area contributed by atoms with Crippen LogP contribution < -0.4 is 14.8 Å². The summed E-state index contributed by atoms with van der Waals surface area (Å²) in [7, 11) is 0. The van der Waals surface area contributed by atoms with E-state index < -0.39 is 0 Å². The molecule has 0 spiro atoms. The van der Waals surface area contributed by atoms with E-state index in [1.54, 1.807) is 0 Å². The predicted molar refractivity (Wildman–Crippen MR) is 65.4 cm³/mol. The monoisotopic (exact) mass is 232 g/mol. The fourth-order valence-electron chi connectivity index (χ4n) is 1.68. The Balaban J connectivity index is 2.15. The Bertz CT molecular complexity index is 426. The van der Waals surface area contributed by atoms with E-state index >= 15 is 0 Å². The quantitative estimate of drug-likeness (QED) is 0.870. The zero-order valence-electron chi connectivity index (χ0n) is 9.90. The molecule has 1 atom stereocenters. The molecule has 1 aromatic carbocycles. The standard InChI is InChI=1S/C13H16N2O2/c1-2-10(9-14)15-11-4-5-12-13(8-11)17-7-3-6-16-12/h4-5,8,10,15H,2-3,6-7H2,1H3. The molecule has 1 N–H and O–H groups in total. The molecule has 1 aliphatic heterocycles. The first-order chi connectivity index (χ1) is 8.33. The molecule has 0 saturated heterocycles. The molecule has 0 amide bonds. The summed E-state index contributed by atoms with van der Waals surface area (Å²) in [6, 6.07) is 7.72. The molecule has 17 heavy (non-hydrogen) atoms. The highest BCUT2D eigenvalue weighted by atomic mass is 16.5. The Kier molecular flexibility index (Phi) is 3.71. The summed E-state index contributed by atoms with van der Waals surface area (Å²) in [5, 5.41) is 12.1. The zero-order chi connectivity index (χ0) is 12.1. The number of nitriles is 1. The lowest BCUT2D eigenvalue weighted by molar-refractivity contribution is 0.297. The van der Waals surface area contributed by atoms with Gasteiger partial charge in [-0.2, -0.15) is 5.26 Å². The highest BCUT2D eigenvalue weighted by Crippen LogP contribution is 2.32. The maximum atomic E-state index is 8.90. The van der Waals surface area contributed by atoms with Crippen molar-refractivity contribution < 1.29 is 9.47 Å². The number of benzene rings is 1. The zero-order valence-corrected chi connectivity index (χ0v) is 9.90. The number of anilines is 1. The Morgan fingerprint density at radius 1 is 1.35 bits per heavy atom. The van der Waals surface area contributed by atoms with Gasteiger partial charge in [-0.15, -0.1) is 0 Å². The van der Waals surface area contributed by atoms with E-state index in [0.29, 0.717) is 13.2 Å². The third-order valence-electron chi connectivity index (χ3n) is 2.65. The van der Waals surface area contributed by atoms with Crippen LogP contribution >= 0.6 is 0 Å². The maximum absolute atomic E-state index is 8.90. The Morgan fingerprint density at radius 3 is 2.82 bits per heavy atom. The molecule has 0 aliphatic carbocycles. The molecule has 0 aromatic heterocycles. The molecule has 1 unspecified atom stereocenters. The van der Waals surface area contributed by atoms with Gasteiger partial charge in [-0.05, 0) is 18.6 Å². The highest BCUT2D eigenvalue weighted by molar-refractivity contribution is 5.55. The van der Waals surface area contributed by atoms with E-state index in [9.17, 15) is 0 Å². The number of rotatable bonds is 3. The number of nitrogens with one attached hydrogen (secondary N) is 1. The lowest BCUT2D eigenvalue weighted by Gasteiger charge is -2.13. The van der Waals surface area contributed by atoms with Gasteiger partial charge < -0.3 is 14.8 Å². The topological polar surface area (TPSA) is 54.3 Å². The number of fused-ring (bicyclic) bond motifs is 1. The summed E-state index contributed by atoms with van der Waals surface area (Å²) < 4.78 is 11.1. The second kappa shape index (κ2) is 5.44. The highest BCUT2D eigenvalue weighted by Gasteiger charge is 2.11. The fourth-order valence-corrected chi connectivity index (χ4v) is 1.68. The van der Waals surface area contributed by atoms with Crippen molar-refractivity contribution in [2.45, 2.75) is 25.8 Å². The molecule has 1 aliphatic rings.